The fourth-order valence-electron chi connectivity index (χ4n) is 1.30. The lowest BCUT2D eigenvalue weighted by atomic mass is 10.3. The molecular formula is C8H10N5O3P. The van der Waals surface area contributed by atoms with Crippen LogP contribution in [0.2, 0.25) is 0 Å². The lowest BCUT2D eigenvalue weighted by Gasteiger charge is -2.09. The Morgan fingerprint density at radius 1 is 1.53 bits per heavy atom. The van der Waals surface area contributed by atoms with Crippen molar-refractivity contribution >= 4 is 24.7 Å². The SMILES string of the molecule is CC(OCP(=O)=O)c1nc(N)c2[nH]cnc2n1. The van der Waals surface area contributed by atoms with E-state index in [1.807, 2.05) is 0 Å². The number of imidazole rings is 1. The molecule has 0 aliphatic heterocycles. The van der Waals surface area contributed by atoms with E-state index in [0.29, 0.717) is 17.0 Å². The summed E-state index contributed by atoms with van der Waals surface area (Å²) in [6.07, 6.45) is 0.518. The molecule has 9 heteroatoms. The average molecular weight is 255 g/mol. The van der Waals surface area contributed by atoms with Gasteiger partial charge < -0.3 is 15.5 Å². The lowest BCUT2D eigenvalue weighted by Crippen LogP contribution is -2.07. The molecule has 2 heterocycles. The number of H-pyrrole nitrogens is 1. The number of nitrogen functional groups attached to an aromatic ring is 1. The smallest absolute Gasteiger partial charge is 0.342 e. The van der Waals surface area contributed by atoms with Gasteiger partial charge in [-0.25, -0.2) is 24.1 Å². The first-order valence-electron chi connectivity index (χ1n) is 4.78. The topological polar surface area (TPSA) is 124 Å². The third kappa shape index (κ3) is 2.48. The van der Waals surface area contributed by atoms with Gasteiger partial charge in [-0.1, -0.05) is 0 Å². The summed E-state index contributed by atoms with van der Waals surface area (Å²) in [5.74, 6) is 0.559. The molecular weight excluding hydrogens is 245 g/mol. The summed E-state index contributed by atoms with van der Waals surface area (Å²) >= 11 is 0. The standard InChI is InChI=1S/C8H10N5O3P/c1-4(16-3-17(14)15)7-12-6(9)5-8(13-7)11-2-10-5/h2,4H,3H2,1H3,(H3,9,10,11,12,13). The first kappa shape index (κ1) is 11.7. The number of anilines is 1. The minimum Gasteiger partial charge on any atom is -0.382 e. The number of ether oxygens (including phenoxy) is 1. The summed E-state index contributed by atoms with van der Waals surface area (Å²) in [4.78, 5) is 14.9. The predicted molar refractivity (Wildman–Crippen MR) is 58.8 cm³/mol. The van der Waals surface area contributed by atoms with E-state index in [9.17, 15) is 9.13 Å². The molecule has 0 saturated carbocycles. The van der Waals surface area contributed by atoms with Crippen molar-refractivity contribution in [1.29, 1.82) is 0 Å². The van der Waals surface area contributed by atoms with Crippen LogP contribution in [0.1, 0.15) is 18.9 Å². The molecule has 0 radical (unpaired) electrons. The Balaban J connectivity index is 2.28. The summed E-state index contributed by atoms with van der Waals surface area (Å²) in [7, 11) is -2.59. The zero-order valence-electron chi connectivity index (χ0n) is 8.95. The number of hydrogen-bond donors (Lipinski definition) is 2. The van der Waals surface area contributed by atoms with E-state index in [-0.39, 0.29) is 12.2 Å². The van der Waals surface area contributed by atoms with Crippen molar-refractivity contribution in [2.75, 3.05) is 12.1 Å². The lowest BCUT2D eigenvalue weighted by molar-refractivity contribution is 0.0939. The Hall–Kier alpha value is -1.79. The molecule has 2 aromatic heterocycles. The Kier molecular flexibility index (Phi) is 3.16. The van der Waals surface area contributed by atoms with Gasteiger partial charge in [0, 0.05) is 0 Å². The molecule has 1 unspecified atom stereocenters. The molecule has 90 valence electrons. The van der Waals surface area contributed by atoms with Gasteiger partial charge in [0.15, 0.2) is 23.6 Å². The maximum absolute atomic E-state index is 10.4. The Morgan fingerprint density at radius 2 is 2.29 bits per heavy atom. The van der Waals surface area contributed by atoms with Crippen LogP contribution in [-0.4, -0.2) is 26.3 Å². The quantitative estimate of drug-likeness (QED) is 0.785. The summed E-state index contributed by atoms with van der Waals surface area (Å²) in [5, 5.41) is 0. The summed E-state index contributed by atoms with van der Waals surface area (Å²) in [5.41, 5.74) is 6.68. The second-order valence-electron chi connectivity index (χ2n) is 3.34. The van der Waals surface area contributed by atoms with E-state index in [0.717, 1.165) is 0 Å². The molecule has 3 N–H and O–H groups in total. The van der Waals surface area contributed by atoms with E-state index in [2.05, 4.69) is 19.9 Å². The zero-order chi connectivity index (χ0) is 12.4. The number of rotatable bonds is 4. The monoisotopic (exact) mass is 255 g/mol. The van der Waals surface area contributed by atoms with Crippen LogP contribution in [0.5, 0.6) is 0 Å². The van der Waals surface area contributed by atoms with Gasteiger partial charge in [-0.3, -0.25) is 0 Å². The normalized spacial score (nSPS) is 12.8. The van der Waals surface area contributed by atoms with Crippen molar-refractivity contribution in [3.8, 4) is 0 Å². The fourth-order valence-corrected chi connectivity index (χ4v) is 1.65. The van der Waals surface area contributed by atoms with Crippen molar-refractivity contribution in [3.63, 3.8) is 0 Å². The molecule has 0 fully saturated rings. The van der Waals surface area contributed by atoms with Crippen molar-refractivity contribution in [2.24, 2.45) is 0 Å². The molecule has 0 amide bonds. The molecule has 2 aromatic rings. The van der Waals surface area contributed by atoms with Gasteiger partial charge in [-0.2, -0.15) is 0 Å². The average Bonchev–Trinajstić information content (AvgIpc) is 2.74. The Bertz CT molecular complexity index is 600. The summed E-state index contributed by atoms with van der Waals surface area (Å²) in [6, 6.07) is 0. The highest BCUT2D eigenvalue weighted by atomic mass is 31.1. The van der Waals surface area contributed by atoms with Crippen LogP contribution in [0, 0.1) is 0 Å². The van der Waals surface area contributed by atoms with Crippen LogP contribution >= 0.6 is 7.68 Å². The number of aromatic nitrogens is 4. The van der Waals surface area contributed by atoms with Crippen molar-refractivity contribution in [2.45, 2.75) is 13.0 Å². The maximum atomic E-state index is 10.4. The van der Waals surface area contributed by atoms with Gasteiger partial charge in [0.1, 0.15) is 11.6 Å². The summed E-state index contributed by atoms with van der Waals surface area (Å²) < 4.78 is 25.9. The minimum absolute atomic E-state index is 0.254. The number of aromatic amines is 1. The zero-order valence-corrected chi connectivity index (χ0v) is 9.85. The van der Waals surface area contributed by atoms with E-state index < -0.39 is 13.8 Å². The van der Waals surface area contributed by atoms with Crippen LogP contribution in [-0.2, 0) is 13.9 Å². The molecule has 0 aromatic carbocycles. The number of nitrogens with two attached hydrogens (primary N) is 1. The highest BCUT2D eigenvalue weighted by Gasteiger charge is 2.14. The van der Waals surface area contributed by atoms with Crippen LogP contribution in [0.4, 0.5) is 5.82 Å². The number of fused-ring (bicyclic) bond motifs is 1. The molecule has 0 bridgehead atoms. The van der Waals surface area contributed by atoms with Gasteiger partial charge in [0.25, 0.3) is 0 Å². The number of nitrogens with zero attached hydrogens (tertiary/aromatic N) is 3. The molecule has 8 nitrogen and oxygen atoms in total. The molecule has 0 aliphatic carbocycles. The molecule has 1 atom stereocenters. The van der Waals surface area contributed by atoms with E-state index in [1.54, 1.807) is 6.92 Å². The summed E-state index contributed by atoms with van der Waals surface area (Å²) in [6.45, 7) is 1.64. The molecule has 0 aliphatic rings. The van der Waals surface area contributed by atoms with E-state index >= 15 is 0 Å². The second-order valence-corrected chi connectivity index (χ2v) is 4.26. The third-order valence-electron chi connectivity index (χ3n) is 2.12. The van der Waals surface area contributed by atoms with Gasteiger partial charge in [0.05, 0.1) is 6.33 Å². The van der Waals surface area contributed by atoms with E-state index in [4.69, 9.17) is 10.5 Å². The first-order valence-corrected chi connectivity index (χ1v) is 6.14. The minimum atomic E-state index is -2.59. The molecule has 0 saturated heterocycles. The van der Waals surface area contributed by atoms with Gasteiger partial charge >= 0.3 is 7.68 Å². The van der Waals surface area contributed by atoms with Crippen molar-refractivity contribution < 1.29 is 13.9 Å². The second kappa shape index (κ2) is 4.60. The number of hydrogen-bond acceptors (Lipinski definition) is 7. The molecule has 2 rings (SSSR count). The first-order chi connectivity index (χ1) is 8.08. The highest BCUT2D eigenvalue weighted by molar-refractivity contribution is 7.30. The van der Waals surface area contributed by atoms with Gasteiger partial charge in [-0.15, -0.1) is 0 Å². The van der Waals surface area contributed by atoms with Crippen molar-refractivity contribution in [1.82, 2.24) is 19.9 Å². The fraction of sp³-hybridized carbons (Fsp3) is 0.375. The van der Waals surface area contributed by atoms with Gasteiger partial charge in [-0.05, 0) is 6.92 Å². The van der Waals surface area contributed by atoms with Crippen LogP contribution in [0.25, 0.3) is 11.2 Å². The van der Waals surface area contributed by atoms with Crippen LogP contribution in [0.3, 0.4) is 0 Å². The third-order valence-corrected chi connectivity index (χ3v) is 2.48. The predicted octanol–water partition coefficient (Wildman–Crippen LogP) is 1.14. The Morgan fingerprint density at radius 3 is 3.00 bits per heavy atom. The molecule has 17 heavy (non-hydrogen) atoms. The van der Waals surface area contributed by atoms with Crippen LogP contribution in [0.15, 0.2) is 6.33 Å². The van der Waals surface area contributed by atoms with Crippen molar-refractivity contribution in [3.05, 3.63) is 12.2 Å². The highest BCUT2D eigenvalue weighted by Crippen LogP contribution is 2.20. The molecule has 0 spiro atoms. The van der Waals surface area contributed by atoms with Gasteiger partial charge in [0.2, 0.25) is 0 Å². The van der Waals surface area contributed by atoms with Crippen LogP contribution < -0.4 is 5.73 Å². The Labute approximate surface area is 96.4 Å². The van der Waals surface area contributed by atoms with E-state index in [1.165, 1.54) is 6.33 Å². The largest absolute Gasteiger partial charge is 0.382 e. The number of nitrogens with one attached hydrogen (secondary N) is 1. The maximum Gasteiger partial charge on any atom is 0.342 e.